The molecule has 0 radical (unpaired) electrons. The van der Waals surface area contributed by atoms with Crippen LogP contribution in [-0.4, -0.2) is 119 Å². The summed E-state index contributed by atoms with van der Waals surface area (Å²) >= 11 is 0. The average Bonchev–Trinajstić information content (AvgIpc) is 1.61. The number of piperazine rings is 1. The number of rotatable bonds is 12. The van der Waals surface area contributed by atoms with Crippen LogP contribution in [0.3, 0.4) is 0 Å². The summed E-state index contributed by atoms with van der Waals surface area (Å²) in [6.45, 7) is 14.3. The van der Waals surface area contributed by atoms with Crippen LogP contribution in [0.1, 0.15) is 107 Å². The van der Waals surface area contributed by atoms with E-state index in [2.05, 4.69) is 126 Å². The number of anilines is 1. The van der Waals surface area contributed by atoms with E-state index >= 15 is 0 Å². The van der Waals surface area contributed by atoms with Crippen molar-refractivity contribution >= 4 is 44.3 Å². The molecule has 6 aromatic carbocycles. The van der Waals surface area contributed by atoms with E-state index in [1.807, 2.05) is 83.8 Å². The number of nitrogens with zero attached hydrogens (tertiary/aromatic N) is 10. The first-order valence-corrected chi connectivity index (χ1v) is 34.4. The normalized spacial score (nSPS) is 21.0. The molecule has 0 spiro atoms. The zero-order valence-corrected chi connectivity index (χ0v) is 54.5. The molecule has 11 aromatic rings. The highest BCUT2D eigenvalue weighted by atomic mass is 16.5. The summed E-state index contributed by atoms with van der Waals surface area (Å²) in [6.07, 6.45) is 11.9. The summed E-state index contributed by atoms with van der Waals surface area (Å²) in [5.74, 6) is 3.22. The number of H-pyrrole nitrogens is 1. The monoisotopic (exact) mass is 1270 g/mol. The van der Waals surface area contributed by atoms with Crippen LogP contribution in [0.5, 0.6) is 11.5 Å². The highest BCUT2D eigenvalue weighted by Gasteiger charge is 2.35. The molecule has 0 saturated carbocycles. The van der Waals surface area contributed by atoms with Gasteiger partial charge in [0.2, 0.25) is 5.91 Å². The zero-order valence-electron chi connectivity index (χ0n) is 54.5. The summed E-state index contributed by atoms with van der Waals surface area (Å²) in [5, 5.41) is 8.35. The van der Waals surface area contributed by atoms with Gasteiger partial charge in [-0.3, -0.25) is 38.6 Å². The average molecular weight is 1270 g/mol. The maximum Gasteiger partial charge on any atom is 0.275 e. The van der Waals surface area contributed by atoms with Gasteiger partial charge in [0.1, 0.15) is 24.7 Å². The number of hydrogen-bond donors (Lipinski definition) is 1. The standard InChI is InChI=1S/C27H32N4O.C26H26N4O2.C26H25N3O2/c1-28-25-17-22(7-8-23(25)24-18-29-13-10-21(11-14-29)27(24)28)31-16-15-30(19-26(31)32)12-9-20-5-3-2-4-6-20;1-28-24-13-20(7-8-22(24)23-16-29-11-9-19(10-12-29)26(23)28)30-25(31)14-21(15-27-30)32-17-18-5-3-2-4-6-18;30-25-15-21(31-17-18-4-2-1-3-5-18)10-13-29(25)20-6-7-22-23-16-28-11-8-19(9-12-28)26(23)27-24(22)14-20/h2-8,17,21H,9-16,18-19H2,1H3;2-8,13-15,19H,9-12,16-17H2,1H3;1-7,10,13-15,19,27H,8-9,11-12,16-17H2. The van der Waals surface area contributed by atoms with E-state index in [4.69, 9.17) is 9.47 Å². The molecular weight excluding hydrogens is 1180 g/mol. The van der Waals surface area contributed by atoms with Crippen molar-refractivity contribution < 1.29 is 14.3 Å². The number of nitrogens with one attached hydrogen (secondary N) is 1. The Morgan fingerprint density at radius 3 is 1.57 bits per heavy atom. The Morgan fingerprint density at radius 1 is 0.474 bits per heavy atom. The molecule has 16 nitrogen and oxygen atoms in total. The molecule has 15 heterocycles. The molecule has 484 valence electrons. The second kappa shape index (κ2) is 26.1. The van der Waals surface area contributed by atoms with Crippen molar-refractivity contribution in [1.82, 2.24) is 48.1 Å². The first-order valence-electron chi connectivity index (χ1n) is 34.4. The van der Waals surface area contributed by atoms with Gasteiger partial charge in [-0.1, -0.05) is 109 Å². The number of piperidine rings is 3. The van der Waals surface area contributed by atoms with Crippen molar-refractivity contribution in [2.75, 3.05) is 70.3 Å². The van der Waals surface area contributed by atoms with Gasteiger partial charge in [-0.25, -0.2) is 0 Å². The van der Waals surface area contributed by atoms with Gasteiger partial charge in [-0.2, -0.15) is 9.78 Å². The van der Waals surface area contributed by atoms with Crippen molar-refractivity contribution in [3.05, 3.63) is 247 Å². The van der Waals surface area contributed by atoms with Crippen LogP contribution >= 0.6 is 0 Å². The maximum absolute atomic E-state index is 13.1. The lowest BCUT2D eigenvalue weighted by Crippen LogP contribution is -2.50. The molecule has 1 N–H and O–H groups in total. The van der Waals surface area contributed by atoms with E-state index in [0.29, 0.717) is 49.0 Å². The SMILES string of the molecule is Cn1c2c(c3ccc(-n4ncc(OCc5ccccc5)cc4=O)cc31)CN1CCC2CC1.Cn1c2c(c3ccc(N4CCN(CCc5ccccc5)CC4=O)cc31)CN1CCC2CC1.O=c1cc(OCc2ccccc2)ccn1-c1ccc2c3c([nH]c2c1)C1CCN(CC1)C3. The lowest BCUT2D eigenvalue weighted by molar-refractivity contribution is -0.121. The molecule has 21 rings (SSSR count). The molecule has 16 heteroatoms. The molecule has 95 heavy (non-hydrogen) atoms. The fourth-order valence-electron chi connectivity index (χ4n) is 16.5. The number of aromatic amines is 1. The minimum absolute atomic E-state index is 0.0943. The molecule has 0 unspecified atom stereocenters. The number of hydrogen-bond acceptors (Lipinski definition) is 10. The minimum atomic E-state index is -0.198. The molecule has 1 amide bonds. The van der Waals surface area contributed by atoms with Crippen LogP contribution < -0.4 is 25.5 Å². The molecule has 6 bridgehead atoms. The number of aryl methyl sites for hydroxylation is 2. The van der Waals surface area contributed by atoms with Crippen LogP contribution in [0.25, 0.3) is 44.1 Å². The molecule has 10 aliphatic rings. The Bertz CT molecular complexity index is 4740. The van der Waals surface area contributed by atoms with Gasteiger partial charge in [0, 0.05) is 134 Å². The van der Waals surface area contributed by atoms with Crippen molar-refractivity contribution in [3.63, 3.8) is 0 Å². The zero-order chi connectivity index (χ0) is 64.1. The van der Waals surface area contributed by atoms with Crippen LogP contribution in [0, 0.1) is 0 Å². The molecule has 5 aromatic heterocycles. The van der Waals surface area contributed by atoms with E-state index in [0.717, 1.165) is 79.4 Å². The Balaban J connectivity index is 0.000000112. The summed E-state index contributed by atoms with van der Waals surface area (Å²) in [7, 11) is 4.39. The van der Waals surface area contributed by atoms with E-state index in [9.17, 15) is 14.4 Å². The van der Waals surface area contributed by atoms with Gasteiger partial charge in [-0.05, 0) is 160 Å². The molecule has 0 aliphatic carbocycles. The third-order valence-electron chi connectivity index (χ3n) is 21.5. The van der Waals surface area contributed by atoms with Gasteiger partial charge in [0.15, 0.2) is 0 Å². The smallest absolute Gasteiger partial charge is 0.275 e. The lowest BCUT2D eigenvalue weighted by Gasteiger charge is -2.34. The number of carbonyl (C=O) groups excluding carboxylic acids is 1. The van der Waals surface area contributed by atoms with Gasteiger partial charge < -0.3 is 28.5 Å². The number of pyridine rings is 1. The topological polar surface area (TPSA) is 134 Å². The first kappa shape index (κ1) is 60.6. The van der Waals surface area contributed by atoms with Crippen LogP contribution in [0.4, 0.5) is 5.69 Å². The van der Waals surface area contributed by atoms with Crippen LogP contribution in [0.15, 0.2) is 186 Å². The van der Waals surface area contributed by atoms with Crippen LogP contribution in [0.2, 0.25) is 0 Å². The Morgan fingerprint density at radius 2 is 0.989 bits per heavy atom. The second-order valence-electron chi connectivity index (χ2n) is 27.3. The highest BCUT2D eigenvalue weighted by molar-refractivity contribution is 5.98. The summed E-state index contributed by atoms with van der Waals surface area (Å²) in [4.78, 5) is 54.4. The van der Waals surface area contributed by atoms with E-state index in [1.165, 1.54) is 155 Å². The van der Waals surface area contributed by atoms with Crippen molar-refractivity contribution in [1.29, 1.82) is 0 Å². The van der Waals surface area contributed by atoms with Crippen LogP contribution in [-0.2, 0) is 58.2 Å². The maximum atomic E-state index is 13.1. The van der Waals surface area contributed by atoms with Crippen molar-refractivity contribution in [2.24, 2.45) is 14.1 Å². The first-order chi connectivity index (χ1) is 46.6. The quantitative estimate of drug-likeness (QED) is 0.126. The number of carbonyl (C=O) groups is 1. The summed E-state index contributed by atoms with van der Waals surface area (Å²) in [5.41, 5.74) is 18.3. The molecule has 4 fully saturated rings. The highest BCUT2D eigenvalue weighted by Crippen LogP contribution is 2.44. The van der Waals surface area contributed by atoms with Gasteiger partial charge in [-0.15, -0.1) is 0 Å². The number of fused-ring (bicyclic) bond motifs is 9. The van der Waals surface area contributed by atoms with Crippen molar-refractivity contribution in [3.8, 4) is 22.9 Å². The minimum Gasteiger partial charge on any atom is -0.489 e. The molecule has 10 aliphatic heterocycles. The third-order valence-corrected chi connectivity index (χ3v) is 21.5. The van der Waals surface area contributed by atoms with Gasteiger partial charge in [0.05, 0.1) is 35.1 Å². The van der Waals surface area contributed by atoms with E-state index in [1.54, 1.807) is 23.0 Å². The molecular formula is C79H83N11O5. The van der Waals surface area contributed by atoms with Gasteiger partial charge >= 0.3 is 0 Å². The summed E-state index contributed by atoms with van der Waals surface area (Å²) in [6, 6.07) is 54.6. The lowest BCUT2D eigenvalue weighted by atomic mass is 9.94. The Kier molecular flexibility index (Phi) is 16.7. The number of amides is 1. The third kappa shape index (κ3) is 12.2. The number of ether oxygens (including phenoxy) is 2. The van der Waals surface area contributed by atoms with Crippen molar-refractivity contribution in [2.45, 2.75) is 95.5 Å². The molecule has 0 atom stereocenters. The number of aromatic nitrogens is 6. The fraction of sp³-hybridized carbons (Fsp3) is 0.342. The van der Waals surface area contributed by atoms with E-state index < -0.39 is 0 Å². The molecule has 4 saturated heterocycles. The number of benzene rings is 6. The predicted octanol–water partition coefficient (Wildman–Crippen LogP) is 12.3. The second-order valence-corrected chi connectivity index (χ2v) is 27.3. The fourth-order valence-corrected chi connectivity index (χ4v) is 16.5. The van der Waals surface area contributed by atoms with E-state index in [-0.39, 0.29) is 17.0 Å². The predicted molar refractivity (Wildman–Crippen MR) is 375 cm³/mol. The summed E-state index contributed by atoms with van der Waals surface area (Å²) < 4.78 is 19.5. The Labute approximate surface area is 554 Å². The van der Waals surface area contributed by atoms with Gasteiger partial charge in [0.25, 0.3) is 11.1 Å². The largest absolute Gasteiger partial charge is 0.489 e. The Hall–Kier alpha value is -9.32.